The lowest BCUT2D eigenvalue weighted by Crippen LogP contribution is -2.36. The van der Waals surface area contributed by atoms with Crippen LogP contribution in [0.25, 0.3) is 0 Å². The largest absolute Gasteiger partial charge is 0.416 e. The van der Waals surface area contributed by atoms with Gasteiger partial charge in [-0.25, -0.2) is 0 Å². The van der Waals surface area contributed by atoms with E-state index in [1.807, 2.05) is 0 Å². The van der Waals surface area contributed by atoms with Crippen LogP contribution in [0.1, 0.15) is 22.8 Å². The monoisotopic (exact) mass is 323 g/mol. The highest BCUT2D eigenvalue weighted by Gasteiger charge is 2.31. The SMILES string of the molecule is CC(CBr)N(C)C(=O)c1cccc(C(F)(F)F)c1. The highest BCUT2D eigenvalue weighted by Crippen LogP contribution is 2.29. The van der Waals surface area contributed by atoms with E-state index in [0.717, 1.165) is 12.1 Å². The van der Waals surface area contributed by atoms with Gasteiger partial charge in [0.2, 0.25) is 0 Å². The van der Waals surface area contributed by atoms with E-state index in [9.17, 15) is 18.0 Å². The van der Waals surface area contributed by atoms with Crippen molar-refractivity contribution in [2.24, 2.45) is 0 Å². The smallest absolute Gasteiger partial charge is 0.338 e. The van der Waals surface area contributed by atoms with Crippen molar-refractivity contribution in [3.05, 3.63) is 35.4 Å². The van der Waals surface area contributed by atoms with Gasteiger partial charge in [-0.2, -0.15) is 13.2 Å². The molecule has 1 unspecified atom stereocenters. The van der Waals surface area contributed by atoms with Crippen LogP contribution < -0.4 is 0 Å². The number of hydrogen-bond acceptors (Lipinski definition) is 1. The molecule has 0 heterocycles. The molecular formula is C12H13BrF3NO. The zero-order valence-electron chi connectivity index (χ0n) is 9.96. The molecule has 0 aliphatic carbocycles. The summed E-state index contributed by atoms with van der Waals surface area (Å²) in [7, 11) is 1.56. The molecule has 0 N–H and O–H groups in total. The molecule has 0 radical (unpaired) electrons. The zero-order chi connectivity index (χ0) is 13.9. The minimum atomic E-state index is -4.43. The quantitative estimate of drug-likeness (QED) is 0.779. The molecule has 0 aliphatic rings. The molecule has 2 nitrogen and oxygen atoms in total. The highest BCUT2D eigenvalue weighted by atomic mass is 79.9. The Morgan fingerprint density at radius 1 is 1.44 bits per heavy atom. The van der Waals surface area contributed by atoms with Gasteiger partial charge in [-0.05, 0) is 25.1 Å². The van der Waals surface area contributed by atoms with Crippen molar-refractivity contribution in [1.29, 1.82) is 0 Å². The lowest BCUT2D eigenvalue weighted by molar-refractivity contribution is -0.137. The van der Waals surface area contributed by atoms with Crippen molar-refractivity contribution in [2.45, 2.75) is 19.1 Å². The second-order valence-electron chi connectivity index (χ2n) is 4.00. The topological polar surface area (TPSA) is 20.3 Å². The standard InChI is InChI=1S/C12H13BrF3NO/c1-8(7-13)17(2)11(18)9-4-3-5-10(6-9)12(14,15)16/h3-6,8H,7H2,1-2H3. The number of amides is 1. The zero-order valence-corrected chi connectivity index (χ0v) is 11.5. The summed E-state index contributed by atoms with van der Waals surface area (Å²) in [5, 5.41) is 0.564. The third-order valence-corrected chi connectivity index (χ3v) is 3.58. The van der Waals surface area contributed by atoms with E-state index >= 15 is 0 Å². The van der Waals surface area contributed by atoms with Gasteiger partial charge in [0.15, 0.2) is 0 Å². The molecule has 0 spiro atoms. The fourth-order valence-corrected chi connectivity index (χ4v) is 1.77. The average molecular weight is 324 g/mol. The van der Waals surface area contributed by atoms with Gasteiger partial charge in [0.1, 0.15) is 0 Å². The van der Waals surface area contributed by atoms with Crippen LogP contribution >= 0.6 is 15.9 Å². The fraction of sp³-hybridized carbons (Fsp3) is 0.417. The number of rotatable bonds is 3. The van der Waals surface area contributed by atoms with E-state index < -0.39 is 17.6 Å². The van der Waals surface area contributed by atoms with Gasteiger partial charge in [-0.3, -0.25) is 4.79 Å². The van der Waals surface area contributed by atoms with Crippen LogP contribution in [0, 0.1) is 0 Å². The van der Waals surface area contributed by atoms with Crippen LogP contribution in [0.3, 0.4) is 0 Å². The van der Waals surface area contributed by atoms with Gasteiger partial charge in [0.05, 0.1) is 5.56 Å². The Kier molecular flexibility index (Phi) is 4.78. The second-order valence-corrected chi connectivity index (χ2v) is 4.65. The summed E-state index contributed by atoms with van der Waals surface area (Å²) in [4.78, 5) is 13.4. The Labute approximate surface area is 112 Å². The molecule has 1 amide bonds. The lowest BCUT2D eigenvalue weighted by Gasteiger charge is -2.23. The van der Waals surface area contributed by atoms with Crippen molar-refractivity contribution in [2.75, 3.05) is 12.4 Å². The molecule has 1 aromatic rings. The van der Waals surface area contributed by atoms with Gasteiger partial charge in [0.25, 0.3) is 5.91 Å². The second kappa shape index (κ2) is 5.73. The summed E-state index contributed by atoms with van der Waals surface area (Å²) in [6, 6.07) is 4.36. The Balaban J connectivity index is 3.01. The number of carbonyl (C=O) groups is 1. The number of nitrogens with zero attached hydrogens (tertiary/aromatic N) is 1. The predicted molar refractivity (Wildman–Crippen MR) is 66.8 cm³/mol. The van der Waals surface area contributed by atoms with Gasteiger partial charge in [-0.1, -0.05) is 22.0 Å². The van der Waals surface area contributed by atoms with Crippen molar-refractivity contribution in [3.8, 4) is 0 Å². The van der Waals surface area contributed by atoms with E-state index in [1.165, 1.54) is 17.0 Å². The maximum Gasteiger partial charge on any atom is 0.416 e. The lowest BCUT2D eigenvalue weighted by atomic mass is 10.1. The summed E-state index contributed by atoms with van der Waals surface area (Å²) in [6.45, 7) is 1.81. The first kappa shape index (κ1) is 15.0. The van der Waals surface area contributed by atoms with E-state index in [2.05, 4.69) is 15.9 Å². The molecule has 1 rings (SSSR count). The van der Waals surface area contributed by atoms with Crippen molar-refractivity contribution in [1.82, 2.24) is 4.90 Å². The maximum absolute atomic E-state index is 12.5. The molecule has 1 aromatic carbocycles. The van der Waals surface area contributed by atoms with Crippen molar-refractivity contribution in [3.63, 3.8) is 0 Å². The molecule has 1 atom stereocenters. The molecule has 0 fully saturated rings. The Hall–Kier alpha value is -1.04. The highest BCUT2D eigenvalue weighted by molar-refractivity contribution is 9.09. The van der Waals surface area contributed by atoms with Crippen LogP contribution in [-0.4, -0.2) is 29.2 Å². The minimum absolute atomic E-state index is 0.0418. The number of benzene rings is 1. The maximum atomic E-state index is 12.5. The average Bonchev–Trinajstić information content (AvgIpc) is 2.35. The number of halogens is 4. The first-order chi connectivity index (χ1) is 8.27. The molecule has 0 bridgehead atoms. The summed E-state index contributed by atoms with van der Waals surface area (Å²) >= 11 is 3.23. The molecule has 0 aliphatic heterocycles. The van der Waals surface area contributed by atoms with Gasteiger partial charge < -0.3 is 4.90 Å². The fourth-order valence-electron chi connectivity index (χ4n) is 1.34. The summed E-state index contributed by atoms with van der Waals surface area (Å²) in [5.41, 5.74) is -0.770. The van der Waals surface area contributed by atoms with Crippen LogP contribution in [0.5, 0.6) is 0 Å². The number of hydrogen-bond donors (Lipinski definition) is 0. The van der Waals surface area contributed by atoms with E-state index in [4.69, 9.17) is 0 Å². The van der Waals surface area contributed by atoms with Gasteiger partial charge >= 0.3 is 6.18 Å². The molecule has 100 valence electrons. The van der Waals surface area contributed by atoms with Crippen LogP contribution in [0.2, 0.25) is 0 Å². The Bertz CT molecular complexity index is 434. The first-order valence-electron chi connectivity index (χ1n) is 5.27. The van der Waals surface area contributed by atoms with Gasteiger partial charge in [0, 0.05) is 24.0 Å². The minimum Gasteiger partial charge on any atom is -0.338 e. The summed E-state index contributed by atoms with van der Waals surface area (Å²) in [5.74, 6) is -0.423. The third kappa shape index (κ3) is 3.48. The summed E-state index contributed by atoms with van der Waals surface area (Å²) in [6.07, 6.45) is -4.43. The Morgan fingerprint density at radius 2 is 2.06 bits per heavy atom. The molecular weight excluding hydrogens is 311 g/mol. The third-order valence-electron chi connectivity index (χ3n) is 2.64. The molecule has 0 aromatic heterocycles. The van der Waals surface area contributed by atoms with Crippen LogP contribution in [-0.2, 0) is 6.18 Å². The molecule has 0 saturated carbocycles. The van der Waals surface area contributed by atoms with E-state index in [0.29, 0.717) is 5.33 Å². The predicted octanol–water partition coefficient (Wildman–Crippen LogP) is 3.56. The van der Waals surface area contributed by atoms with Crippen molar-refractivity contribution < 1.29 is 18.0 Å². The van der Waals surface area contributed by atoms with E-state index in [-0.39, 0.29) is 11.6 Å². The normalized spacial score (nSPS) is 13.2. The summed E-state index contributed by atoms with van der Waals surface area (Å²) < 4.78 is 37.6. The molecule has 18 heavy (non-hydrogen) atoms. The van der Waals surface area contributed by atoms with Crippen molar-refractivity contribution >= 4 is 21.8 Å². The van der Waals surface area contributed by atoms with Crippen LogP contribution in [0.4, 0.5) is 13.2 Å². The number of carbonyl (C=O) groups excluding carboxylic acids is 1. The molecule has 6 heteroatoms. The Morgan fingerprint density at radius 3 is 2.56 bits per heavy atom. The first-order valence-corrected chi connectivity index (χ1v) is 6.40. The number of alkyl halides is 4. The van der Waals surface area contributed by atoms with Gasteiger partial charge in [-0.15, -0.1) is 0 Å². The van der Waals surface area contributed by atoms with Crippen LogP contribution in [0.15, 0.2) is 24.3 Å². The van der Waals surface area contributed by atoms with E-state index in [1.54, 1.807) is 14.0 Å². The molecule has 0 saturated heterocycles.